The van der Waals surface area contributed by atoms with Gasteiger partial charge in [-0.25, -0.2) is 4.79 Å². The number of nitrogens with zero attached hydrogens (tertiary/aromatic N) is 1. The van der Waals surface area contributed by atoms with E-state index in [1.165, 1.54) is 22.3 Å². The summed E-state index contributed by atoms with van der Waals surface area (Å²) in [5, 5.41) is 13.0. The standard InChI is InChI=1S/C22H26N2O3/c1-14(2)24-11-20(21(25)12-24)23-22(26)27-13-19-17-9-5-3-7-15(17)16-8-4-6-10-18(16)19/h3-10,14,19-21,25H,11-13H2,1-2H3,(H,23,26)/t20-,21-/m0/s1. The van der Waals surface area contributed by atoms with Crippen molar-refractivity contribution in [2.75, 3.05) is 19.7 Å². The summed E-state index contributed by atoms with van der Waals surface area (Å²) < 4.78 is 5.57. The average Bonchev–Trinajstić information content (AvgIpc) is 3.19. The predicted octanol–water partition coefficient (Wildman–Crippen LogP) is 2.98. The molecule has 0 aromatic heterocycles. The maximum Gasteiger partial charge on any atom is 0.407 e. The van der Waals surface area contributed by atoms with Gasteiger partial charge in [0.05, 0.1) is 12.1 Å². The summed E-state index contributed by atoms with van der Waals surface area (Å²) in [6, 6.07) is 16.6. The van der Waals surface area contributed by atoms with Crippen LogP contribution in [0.4, 0.5) is 4.79 Å². The van der Waals surface area contributed by atoms with Crippen LogP contribution in [0.2, 0.25) is 0 Å². The minimum Gasteiger partial charge on any atom is -0.449 e. The Kier molecular flexibility index (Phi) is 4.89. The maximum atomic E-state index is 12.3. The van der Waals surface area contributed by atoms with E-state index >= 15 is 0 Å². The highest BCUT2D eigenvalue weighted by Gasteiger charge is 2.34. The number of hydrogen-bond acceptors (Lipinski definition) is 4. The summed E-state index contributed by atoms with van der Waals surface area (Å²) in [4.78, 5) is 14.5. The van der Waals surface area contributed by atoms with E-state index in [2.05, 4.69) is 48.3 Å². The second kappa shape index (κ2) is 7.33. The van der Waals surface area contributed by atoms with Crippen molar-refractivity contribution in [2.24, 2.45) is 0 Å². The lowest BCUT2D eigenvalue weighted by Crippen LogP contribution is -2.43. The molecule has 5 heteroatoms. The number of hydrogen-bond donors (Lipinski definition) is 2. The zero-order valence-electron chi connectivity index (χ0n) is 15.8. The summed E-state index contributed by atoms with van der Waals surface area (Å²) >= 11 is 0. The van der Waals surface area contributed by atoms with Crippen molar-refractivity contribution in [1.82, 2.24) is 10.2 Å². The number of β-amino-alcohol motifs (C(OH)–C–C–N with tert-alkyl or cyclic N) is 1. The van der Waals surface area contributed by atoms with Gasteiger partial charge in [0.2, 0.25) is 0 Å². The van der Waals surface area contributed by atoms with Crippen molar-refractivity contribution in [2.45, 2.75) is 38.0 Å². The lowest BCUT2D eigenvalue weighted by atomic mass is 9.98. The minimum absolute atomic E-state index is 0.0452. The molecule has 2 aliphatic rings. The van der Waals surface area contributed by atoms with Crippen molar-refractivity contribution in [1.29, 1.82) is 0 Å². The Morgan fingerprint density at radius 1 is 1.11 bits per heavy atom. The second-order valence-corrected chi connectivity index (χ2v) is 7.69. The summed E-state index contributed by atoms with van der Waals surface area (Å²) in [5.41, 5.74) is 4.80. The number of fused-ring (bicyclic) bond motifs is 3. The third kappa shape index (κ3) is 3.45. The van der Waals surface area contributed by atoms with Gasteiger partial charge in [-0.3, -0.25) is 4.90 Å². The highest BCUT2D eigenvalue weighted by atomic mass is 16.5. The van der Waals surface area contributed by atoms with Crippen molar-refractivity contribution >= 4 is 6.09 Å². The third-order valence-corrected chi connectivity index (χ3v) is 5.69. The normalized spacial score (nSPS) is 21.9. The van der Waals surface area contributed by atoms with E-state index < -0.39 is 12.2 Å². The van der Waals surface area contributed by atoms with Gasteiger partial charge in [0.1, 0.15) is 6.61 Å². The number of carbonyl (C=O) groups excluding carboxylic acids is 1. The first-order valence-electron chi connectivity index (χ1n) is 9.58. The number of benzene rings is 2. The molecular weight excluding hydrogens is 340 g/mol. The minimum atomic E-state index is -0.562. The van der Waals surface area contributed by atoms with Gasteiger partial charge < -0.3 is 15.2 Å². The highest BCUT2D eigenvalue weighted by molar-refractivity contribution is 5.79. The molecule has 2 aromatic carbocycles. The van der Waals surface area contributed by atoms with Gasteiger partial charge >= 0.3 is 6.09 Å². The SMILES string of the molecule is CC(C)N1C[C@H](NC(=O)OCC2c3ccccc3-c3ccccc32)[C@@H](O)C1. The molecule has 1 heterocycles. The zero-order valence-corrected chi connectivity index (χ0v) is 15.8. The van der Waals surface area contributed by atoms with Crippen LogP contribution >= 0.6 is 0 Å². The van der Waals surface area contributed by atoms with Gasteiger partial charge in [-0.1, -0.05) is 48.5 Å². The van der Waals surface area contributed by atoms with Crippen LogP contribution in [0.1, 0.15) is 30.9 Å². The van der Waals surface area contributed by atoms with Crippen LogP contribution in [0, 0.1) is 0 Å². The Balaban J connectivity index is 1.41. The van der Waals surface area contributed by atoms with E-state index in [1.807, 2.05) is 24.3 Å². The molecule has 0 spiro atoms. The molecule has 2 atom stereocenters. The molecule has 2 N–H and O–H groups in total. The number of alkyl carbamates (subject to hydrolysis) is 1. The van der Waals surface area contributed by atoms with Crippen LogP contribution in [0.3, 0.4) is 0 Å². The van der Waals surface area contributed by atoms with Crippen LogP contribution in [-0.4, -0.2) is 54.0 Å². The molecular formula is C22H26N2O3. The molecule has 27 heavy (non-hydrogen) atoms. The number of likely N-dealkylation sites (tertiary alicyclic amines) is 1. The van der Waals surface area contributed by atoms with Gasteiger partial charge in [-0.15, -0.1) is 0 Å². The van der Waals surface area contributed by atoms with E-state index in [-0.39, 0.29) is 18.6 Å². The predicted molar refractivity (Wildman–Crippen MR) is 105 cm³/mol. The Morgan fingerprint density at radius 2 is 1.70 bits per heavy atom. The molecule has 0 unspecified atom stereocenters. The van der Waals surface area contributed by atoms with Crippen molar-refractivity contribution in [3.8, 4) is 11.1 Å². The fourth-order valence-corrected chi connectivity index (χ4v) is 4.17. The molecule has 1 aliphatic heterocycles. The Hall–Kier alpha value is -2.37. The summed E-state index contributed by atoms with van der Waals surface area (Å²) in [6.45, 7) is 5.68. The average molecular weight is 366 g/mol. The fraction of sp³-hybridized carbons (Fsp3) is 0.409. The zero-order chi connectivity index (χ0) is 19.0. The Labute approximate surface area is 160 Å². The van der Waals surface area contributed by atoms with E-state index in [0.29, 0.717) is 19.1 Å². The van der Waals surface area contributed by atoms with Crippen molar-refractivity contribution in [3.05, 3.63) is 59.7 Å². The summed E-state index contributed by atoms with van der Waals surface area (Å²) in [5.74, 6) is 0.0452. The number of aliphatic hydroxyl groups is 1. The number of aliphatic hydroxyl groups excluding tert-OH is 1. The highest BCUT2D eigenvalue weighted by Crippen LogP contribution is 2.44. The molecule has 0 radical (unpaired) electrons. The molecule has 2 aromatic rings. The molecule has 1 fully saturated rings. The van der Waals surface area contributed by atoms with Gasteiger partial charge in [0.25, 0.3) is 0 Å². The summed E-state index contributed by atoms with van der Waals surface area (Å²) in [7, 11) is 0. The summed E-state index contributed by atoms with van der Waals surface area (Å²) in [6.07, 6.45) is -1.03. The molecule has 4 rings (SSSR count). The van der Waals surface area contributed by atoms with Crippen LogP contribution < -0.4 is 5.32 Å². The van der Waals surface area contributed by atoms with E-state index in [4.69, 9.17) is 4.74 Å². The Bertz CT molecular complexity index is 790. The first kappa shape index (κ1) is 18.0. The number of rotatable bonds is 4. The van der Waals surface area contributed by atoms with E-state index in [0.717, 1.165) is 0 Å². The van der Waals surface area contributed by atoms with Gasteiger partial charge in [-0.05, 0) is 36.1 Å². The van der Waals surface area contributed by atoms with E-state index in [9.17, 15) is 9.90 Å². The molecule has 1 aliphatic carbocycles. The maximum absolute atomic E-state index is 12.3. The monoisotopic (exact) mass is 366 g/mol. The smallest absolute Gasteiger partial charge is 0.407 e. The topological polar surface area (TPSA) is 61.8 Å². The first-order valence-corrected chi connectivity index (χ1v) is 9.58. The van der Waals surface area contributed by atoms with Crippen molar-refractivity contribution in [3.63, 3.8) is 0 Å². The molecule has 1 amide bonds. The molecule has 5 nitrogen and oxygen atoms in total. The molecule has 1 saturated heterocycles. The van der Waals surface area contributed by atoms with Crippen LogP contribution in [0.15, 0.2) is 48.5 Å². The largest absolute Gasteiger partial charge is 0.449 e. The first-order chi connectivity index (χ1) is 13.0. The Morgan fingerprint density at radius 3 is 2.26 bits per heavy atom. The molecule has 0 saturated carbocycles. The van der Waals surface area contributed by atoms with Crippen LogP contribution in [-0.2, 0) is 4.74 Å². The number of carbonyl (C=O) groups is 1. The van der Waals surface area contributed by atoms with Crippen molar-refractivity contribution < 1.29 is 14.6 Å². The molecule has 142 valence electrons. The lowest BCUT2D eigenvalue weighted by Gasteiger charge is -2.20. The van der Waals surface area contributed by atoms with Crippen LogP contribution in [0.5, 0.6) is 0 Å². The quantitative estimate of drug-likeness (QED) is 0.873. The van der Waals surface area contributed by atoms with Gasteiger partial charge in [-0.2, -0.15) is 0 Å². The van der Waals surface area contributed by atoms with E-state index in [1.54, 1.807) is 0 Å². The van der Waals surface area contributed by atoms with Gasteiger partial charge in [0.15, 0.2) is 0 Å². The number of nitrogens with one attached hydrogen (secondary N) is 1. The fourth-order valence-electron chi connectivity index (χ4n) is 4.17. The van der Waals surface area contributed by atoms with Crippen LogP contribution in [0.25, 0.3) is 11.1 Å². The molecule has 0 bridgehead atoms. The number of amides is 1. The second-order valence-electron chi connectivity index (χ2n) is 7.69. The lowest BCUT2D eigenvalue weighted by molar-refractivity contribution is 0.119. The number of ether oxygens (including phenoxy) is 1. The third-order valence-electron chi connectivity index (χ3n) is 5.69. The van der Waals surface area contributed by atoms with Gasteiger partial charge in [0, 0.05) is 25.0 Å².